The van der Waals surface area contributed by atoms with Crippen LogP contribution in [-0.2, 0) is 0 Å². The lowest BCUT2D eigenvalue weighted by Gasteiger charge is -2.14. The van der Waals surface area contributed by atoms with E-state index in [2.05, 4.69) is 0 Å². The molecule has 0 unspecified atom stereocenters. The Morgan fingerprint density at radius 2 is 1.75 bits per heavy atom. The highest BCUT2D eigenvalue weighted by atomic mass is 19.4. The van der Waals surface area contributed by atoms with Crippen LogP contribution >= 0.6 is 0 Å². The number of ether oxygens (including phenoxy) is 1. The average Bonchev–Trinajstić information content (AvgIpc) is 2.42. The molecule has 0 aromatic heterocycles. The molecule has 0 aliphatic heterocycles. The van der Waals surface area contributed by atoms with E-state index in [1.807, 2.05) is 30.3 Å². The van der Waals surface area contributed by atoms with Crippen LogP contribution in [0.15, 0.2) is 36.4 Å². The summed E-state index contributed by atoms with van der Waals surface area (Å²) >= 11 is 0. The molecule has 20 heavy (non-hydrogen) atoms. The zero-order valence-corrected chi connectivity index (χ0v) is 11.1. The normalized spacial score (nSPS) is 13.4. The number of alkyl halides is 3. The number of benzene rings is 2. The predicted molar refractivity (Wildman–Crippen MR) is 72.7 cm³/mol. The summed E-state index contributed by atoms with van der Waals surface area (Å²) in [6.45, 7) is 0. The number of nitrogens with two attached hydrogens (primary N) is 1. The van der Waals surface area contributed by atoms with Crippen LogP contribution in [0.4, 0.5) is 13.2 Å². The third kappa shape index (κ3) is 3.63. The van der Waals surface area contributed by atoms with Crippen molar-refractivity contribution in [2.45, 2.75) is 25.1 Å². The number of rotatable bonds is 4. The van der Waals surface area contributed by atoms with Crippen molar-refractivity contribution in [2.24, 2.45) is 5.73 Å². The zero-order chi connectivity index (χ0) is 14.8. The monoisotopic (exact) mass is 283 g/mol. The molecule has 0 aliphatic carbocycles. The third-order valence-electron chi connectivity index (χ3n) is 3.24. The summed E-state index contributed by atoms with van der Waals surface area (Å²) in [6, 6.07) is 10.4. The summed E-state index contributed by atoms with van der Waals surface area (Å²) in [5, 5.41) is 1.90. The SMILES string of the molecule is COc1ccc2cc([C@H](N)CCC(F)(F)F)ccc2c1. The van der Waals surface area contributed by atoms with Gasteiger partial charge in [0.05, 0.1) is 7.11 Å². The number of methoxy groups -OCH3 is 1. The van der Waals surface area contributed by atoms with Crippen LogP contribution in [0.1, 0.15) is 24.4 Å². The van der Waals surface area contributed by atoms with Gasteiger partial charge in [0.15, 0.2) is 0 Å². The molecular formula is C15H16F3NO. The summed E-state index contributed by atoms with van der Waals surface area (Å²) in [5.41, 5.74) is 6.54. The van der Waals surface area contributed by atoms with Crippen molar-refractivity contribution >= 4 is 10.8 Å². The Morgan fingerprint density at radius 3 is 2.40 bits per heavy atom. The van der Waals surface area contributed by atoms with E-state index >= 15 is 0 Å². The maximum absolute atomic E-state index is 12.2. The van der Waals surface area contributed by atoms with E-state index in [-0.39, 0.29) is 6.42 Å². The summed E-state index contributed by atoms with van der Waals surface area (Å²) in [4.78, 5) is 0. The zero-order valence-electron chi connectivity index (χ0n) is 11.1. The molecule has 0 saturated heterocycles. The molecular weight excluding hydrogens is 267 g/mol. The van der Waals surface area contributed by atoms with E-state index in [1.54, 1.807) is 13.2 Å². The highest BCUT2D eigenvalue weighted by Gasteiger charge is 2.27. The first kappa shape index (κ1) is 14.7. The highest BCUT2D eigenvalue weighted by Crippen LogP contribution is 2.28. The molecule has 0 aliphatic rings. The predicted octanol–water partition coefficient (Wildman–Crippen LogP) is 4.19. The van der Waals surface area contributed by atoms with E-state index in [0.29, 0.717) is 5.56 Å². The van der Waals surface area contributed by atoms with Crippen LogP contribution in [-0.4, -0.2) is 13.3 Å². The molecule has 0 bridgehead atoms. The first-order chi connectivity index (χ1) is 9.39. The van der Waals surface area contributed by atoms with Crippen molar-refractivity contribution < 1.29 is 17.9 Å². The molecule has 0 heterocycles. The fraction of sp³-hybridized carbons (Fsp3) is 0.333. The Balaban J connectivity index is 2.19. The second-order valence-corrected chi connectivity index (χ2v) is 4.73. The van der Waals surface area contributed by atoms with E-state index in [1.165, 1.54) is 0 Å². The number of halogens is 3. The van der Waals surface area contributed by atoms with Gasteiger partial charge in [-0.15, -0.1) is 0 Å². The van der Waals surface area contributed by atoms with E-state index in [9.17, 15) is 13.2 Å². The minimum absolute atomic E-state index is 0.106. The molecule has 0 radical (unpaired) electrons. The summed E-state index contributed by atoms with van der Waals surface area (Å²) in [5.74, 6) is 0.742. The summed E-state index contributed by atoms with van der Waals surface area (Å²) in [7, 11) is 1.59. The van der Waals surface area contributed by atoms with Crippen molar-refractivity contribution in [1.82, 2.24) is 0 Å². The maximum atomic E-state index is 12.2. The first-order valence-corrected chi connectivity index (χ1v) is 6.29. The van der Waals surface area contributed by atoms with Crippen molar-refractivity contribution in [2.75, 3.05) is 7.11 Å². The first-order valence-electron chi connectivity index (χ1n) is 6.29. The second-order valence-electron chi connectivity index (χ2n) is 4.73. The van der Waals surface area contributed by atoms with Gasteiger partial charge in [0, 0.05) is 12.5 Å². The van der Waals surface area contributed by atoms with Gasteiger partial charge in [0.25, 0.3) is 0 Å². The van der Waals surface area contributed by atoms with Gasteiger partial charge in [0.1, 0.15) is 5.75 Å². The van der Waals surface area contributed by atoms with E-state index in [4.69, 9.17) is 10.5 Å². The summed E-state index contributed by atoms with van der Waals surface area (Å²) in [6.07, 6.45) is -5.14. The molecule has 5 heteroatoms. The van der Waals surface area contributed by atoms with Crippen molar-refractivity contribution in [3.8, 4) is 5.75 Å². The number of hydrogen-bond donors (Lipinski definition) is 1. The van der Waals surface area contributed by atoms with Crippen molar-refractivity contribution in [3.63, 3.8) is 0 Å². The fourth-order valence-corrected chi connectivity index (χ4v) is 2.09. The van der Waals surface area contributed by atoms with Gasteiger partial charge in [-0.2, -0.15) is 13.2 Å². The van der Waals surface area contributed by atoms with Gasteiger partial charge in [-0.1, -0.05) is 18.2 Å². The lowest BCUT2D eigenvalue weighted by atomic mass is 9.99. The quantitative estimate of drug-likeness (QED) is 0.913. The van der Waals surface area contributed by atoms with Gasteiger partial charge in [-0.3, -0.25) is 0 Å². The van der Waals surface area contributed by atoms with Crippen LogP contribution in [0, 0.1) is 0 Å². The fourth-order valence-electron chi connectivity index (χ4n) is 2.09. The van der Waals surface area contributed by atoms with Gasteiger partial charge >= 0.3 is 6.18 Å². The second kappa shape index (κ2) is 5.71. The van der Waals surface area contributed by atoms with Crippen molar-refractivity contribution in [1.29, 1.82) is 0 Å². The molecule has 2 nitrogen and oxygen atoms in total. The molecule has 2 aromatic carbocycles. The minimum Gasteiger partial charge on any atom is -0.497 e. The molecule has 1 atom stereocenters. The molecule has 0 fully saturated rings. The van der Waals surface area contributed by atoms with Gasteiger partial charge in [0.2, 0.25) is 0 Å². The standard InChI is InChI=1S/C15H16F3NO/c1-20-13-5-4-10-8-12(3-2-11(10)9-13)14(19)6-7-15(16,17)18/h2-5,8-9,14H,6-7,19H2,1H3/t14-/m1/s1. The van der Waals surface area contributed by atoms with Gasteiger partial charge in [-0.25, -0.2) is 0 Å². The molecule has 108 valence electrons. The molecule has 2 N–H and O–H groups in total. The highest BCUT2D eigenvalue weighted by molar-refractivity contribution is 5.84. The largest absolute Gasteiger partial charge is 0.497 e. The maximum Gasteiger partial charge on any atom is 0.389 e. The van der Waals surface area contributed by atoms with Gasteiger partial charge in [-0.05, 0) is 41.0 Å². The molecule has 2 aromatic rings. The smallest absolute Gasteiger partial charge is 0.389 e. The Labute approximate surface area is 115 Å². The number of fused-ring (bicyclic) bond motifs is 1. The number of hydrogen-bond acceptors (Lipinski definition) is 2. The van der Waals surface area contributed by atoms with Crippen LogP contribution in [0.2, 0.25) is 0 Å². The van der Waals surface area contributed by atoms with E-state index in [0.717, 1.165) is 16.5 Å². The average molecular weight is 283 g/mol. The molecule has 0 saturated carbocycles. The topological polar surface area (TPSA) is 35.2 Å². The van der Waals surface area contributed by atoms with Crippen LogP contribution in [0.25, 0.3) is 10.8 Å². The minimum atomic E-state index is -4.16. The Hall–Kier alpha value is -1.75. The van der Waals surface area contributed by atoms with E-state index < -0.39 is 18.6 Å². The lowest BCUT2D eigenvalue weighted by molar-refractivity contribution is -0.136. The Morgan fingerprint density at radius 1 is 1.10 bits per heavy atom. The lowest BCUT2D eigenvalue weighted by Crippen LogP contribution is -2.15. The van der Waals surface area contributed by atoms with Crippen LogP contribution in [0.5, 0.6) is 5.75 Å². The third-order valence-corrected chi connectivity index (χ3v) is 3.24. The van der Waals surface area contributed by atoms with Crippen LogP contribution in [0.3, 0.4) is 0 Å². The van der Waals surface area contributed by atoms with Gasteiger partial charge < -0.3 is 10.5 Å². The Bertz CT molecular complexity index is 595. The molecule has 2 rings (SSSR count). The summed E-state index contributed by atoms with van der Waals surface area (Å²) < 4.78 is 41.7. The molecule has 0 spiro atoms. The Kier molecular flexibility index (Phi) is 4.18. The van der Waals surface area contributed by atoms with Crippen LogP contribution < -0.4 is 10.5 Å². The molecule has 0 amide bonds. The van der Waals surface area contributed by atoms with Crippen molar-refractivity contribution in [3.05, 3.63) is 42.0 Å².